The van der Waals surface area contributed by atoms with E-state index < -0.39 is 5.97 Å². The summed E-state index contributed by atoms with van der Waals surface area (Å²) in [6.07, 6.45) is 2.42. The number of benzene rings is 2. The summed E-state index contributed by atoms with van der Waals surface area (Å²) in [5.74, 6) is 0.229. The van der Waals surface area contributed by atoms with Gasteiger partial charge in [-0.1, -0.05) is 30.3 Å². The van der Waals surface area contributed by atoms with Gasteiger partial charge in [0.1, 0.15) is 11.6 Å². The van der Waals surface area contributed by atoms with Crippen molar-refractivity contribution in [3.8, 4) is 5.75 Å². The molecular formula is C19H16FNO3. The van der Waals surface area contributed by atoms with Gasteiger partial charge in [0.25, 0.3) is 0 Å². The maximum absolute atomic E-state index is 13.6. The molecule has 0 amide bonds. The number of rotatable bonds is 5. The van der Waals surface area contributed by atoms with Crippen molar-refractivity contribution in [3.05, 3.63) is 71.2 Å². The number of hydrogen-bond acceptors (Lipinski definition) is 4. The molecule has 0 spiro atoms. The number of aryl methyl sites for hydroxylation is 1. The standard InChI is InChI=1S/C19H16FNO3/c1-23-15-7-4-5-13(11-15)12-17-19(22)24-18(21-17)10-9-14-6-2-3-8-16(14)20/h2-8,11-12H,9-10H2,1H3/b17-12+. The first-order valence-electron chi connectivity index (χ1n) is 7.54. The predicted octanol–water partition coefficient (Wildman–Crippen LogP) is 3.76. The fraction of sp³-hybridized carbons (Fsp3) is 0.158. The summed E-state index contributed by atoms with van der Waals surface area (Å²) in [6.45, 7) is 0. The van der Waals surface area contributed by atoms with Crippen LogP contribution < -0.4 is 4.74 Å². The molecule has 1 heterocycles. The Morgan fingerprint density at radius 2 is 2.00 bits per heavy atom. The van der Waals surface area contributed by atoms with Gasteiger partial charge in [-0.25, -0.2) is 14.2 Å². The third-order valence-corrected chi connectivity index (χ3v) is 3.63. The quantitative estimate of drug-likeness (QED) is 0.621. The molecule has 0 aromatic heterocycles. The first-order chi connectivity index (χ1) is 11.7. The number of nitrogens with zero attached hydrogens (tertiary/aromatic N) is 1. The highest BCUT2D eigenvalue weighted by atomic mass is 19.1. The average molecular weight is 325 g/mol. The molecule has 0 N–H and O–H groups in total. The molecule has 0 saturated heterocycles. The minimum absolute atomic E-state index is 0.229. The van der Waals surface area contributed by atoms with E-state index in [0.717, 1.165) is 5.56 Å². The molecule has 1 aliphatic rings. The van der Waals surface area contributed by atoms with Crippen molar-refractivity contribution in [3.63, 3.8) is 0 Å². The van der Waals surface area contributed by atoms with Crippen LogP contribution in [0.25, 0.3) is 6.08 Å². The molecule has 0 unspecified atom stereocenters. The highest BCUT2D eigenvalue weighted by molar-refractivity contribution is 6.07. The van der Waals surface area contributed by atoms with Crippen LogP contribution in [-0.4, -0.2) is 19.0 Å². The summed E-state index contributed by atoms with van der Waals surface area (Å²) < 4.78 is 23.9. The van der Waals surface area contributed by atoms with E-state index in [1.807, 2.05) is 18.2 Å². The van der Waals surface area contributed by atoms with E-state index in [9.17, 15) is 9.18 Å². The Labute approximate surface area is 139 Å². The van der Waals surface area contributed by atoms with Crippen LogP contribution in [0.15, 0.2) is 59.2 Å². The van der Waals surface area contributed by atoms with Crippen molar-refractivity contribution in [2.45, 2.75) is 12.8 Å². The van der Waals surface area contributed by atoms with E-state index in [0.29, 0.717) is 30.1 Å². The summed E-state index contributed by atoms with van der Waals surface area (Å²) in [5, 5.41) is 0. The summed E-state index contributed by atoms with van der Waals surface area (Å²) in [5.41, 5.74) is 1.59. The molecule has 4 nitrogen and oxygen atoms in total. The lowest BCUT2D eigenvalue weighted by molar-refractivity contribution is -0.130. The minimum Gasteiger partial charge on any atom is -0.497 e. The third-order valence-electron chi connectivity index (χ3n) is 3.63. The van der Waals surface area contributed by atoms with Crippen LogP contribution >= 0.6 is 0 Å². The van der Waals surface area contributed by atoms with Gasteiger partial charge in [0, 0.05) is 6.42 Å². The second kappa shape index (κ2) is 7.08. The molecular weight excluding hydrogens is 309 g/mol. The zero-order chi connectivity index (χ0) is 16.9. The minimum atomic E-state index is -0.499. The van der Waals surface area contributed by atoms with Crippen LogP contribution in [0.5, 0.6) is 5.75 Å². The van der Waals surface area contributed by atoms with Crippen LogP contribution in [0, 0.1) is 5.82 Å². The monoisotopic (exact) mass is 325 g/mol. The normalized spacial score (nSPS) is 15.3. The van der Waals surface area contributed by atoms with E-state index in [4.69, 9.17) is 9.47 Å². The van der Waals surface area contributed by atoms with Gasteiger partial charge in [0.15, 0.2) is 11.6 Å². The lowest BCUT2D eigenvalue weighted by Gasteiger charge is -2.01. The molecule has 0 bridgehead atoms. The van der Waals surface area contributed by atoms with Gasteiger partial charge in [0.05, 0.1) is 7.11 Å². The fourth-order valence-electron chi connectivity index (χ4n) is 2.39. The molecule has 3 rings (SSSR count). The number of carbonyl (C=O) groups excluding carboxylic acids is 1. The molecule has 0 saturated carbocycles. The van der Waals surface area contributed by atoms with Crippen LogP contribution in [0.4, 0.5) is 4.39 Å². The van der Waals surface area contributed by atoms with Gasteiger partial charge in [-0.15, -0.1) is 0 Å². The Kier molecular flexibility index (Phi) is 4.70. The molecule has 0 aliphatic carbocycles. The van der Waals surface area contributed by atoms with Gasteiger partial charge in [0.2, 0.25) is 0 Å². The van der Waals surface area contributed by atoms with Crippen LogP contribution in [0.1, 0.15) is 17.5 Å². The lowest BCUT2D eigenvalue weighted by Crippen LogP contribution is -2.05. The Morgan fingerprint density at radius 1 is 1.17 bits per heavy atom. The van der Waals surface area contributed by atoms with E-state index in [2.05, 4.69) is 4.99 Å². The zero-order valence-corrected chi connectivity index (χ0v) is 13.2. The molecule has 1 aliphatic heterocycles. The summed E-state index contributed by atoms with van der Waals surface area (Å²) in [6, 6.07) is 13.8. The smallest absolute Gasteiger partial charge is 0.363 e. The molecule has 0 atom stereocenters. The second-order valence-electron chi connectivity index (χ2n) is 5.29. The summed E-state index contributed by atoms with van der Waals surface area (Å²) in [7, 11) is 1.58. The summed E-state index contributed by atoms with van der Waals surface area (Å²) >= 11 is 0. The van der Waals surface area contributed by atoms with Crippen molar-refractivity contribution >= 4 is 17.9 Å². The van der Waals surface area contributed by atoms with E-state index >= 15 is 0 Å². The maximum atomic E-state index is 13.6. The second-order valence-corrected chi connectivity index (χ2v) is 5.29. The van der Waals surface area contributed by atoms with E-state index in [-0.39, 0.29) is 11.5 Å². The van der Waals surface area contributed by atoms with Crippen LogP contribution in [-0.2, 0) is 16.0 Å². The number of aliphatic imine (C=N–C) groups is 1. The molecule has 2 aromatic carbocycles. The third kappa shape index (κ3) is 3.68. The number of carbonyl (C=O) groups is 1. The first-order valence-corrected chi connectivity index (χ1v) is 7.54. The molecule has 0 fully saturated rings. The van der Waals surface area contributed by atoms with Crippen molar-refractivity contribution in [2.24, 2.45) is 4.99 Å². The lowest BCUT2D eigenvalue weighted by atomic mass is 10.1. The average Bonchev–Trinajstić information content (AvgIpc) is 2.94. The topological polar surface area (TPSA) is 47.9 Å². The number of hydrogen-bond donors (Lipinski definition) is 0. The van der Waals surface area contributed by atoms with Gasteiger partial charge in [-0.2, -0.15) is 0 Å². The molecule has 24 heavy (non-hydrogen) atoms. The largest absolute Gasteiger partial charge is 0.497 e. The Hall–Kier alpha value is -2.95. The molecule has 0 radical (unpaired) electrons. The van der Waals surface area contributed by atoms with E-state index in [1.54, 1.807) is 37.5 Å². The van der Waals surface area contributed by atoms with E-state index in [1.165, 1.54) is 6.07 Å². The number of ether oxygens (including phenoxy) is 2. The van der Waals surface area contributed by atoms with Crippen molar-refractivity contribution in [1.82, 2.24) is 0 Å². The van der Waals surface area contributed by atoms with Gasteiger partial charge < -0.3 is 9.47 Å². The van der Waals surface area contributed by atoms with Gasteiger partial charge >= 0.3 is 5.97 Å². The molecule has 5 heteroatoms. The number of methoxy groups -OCH3 is 1. The zero-order valence-electron chi connectivity index (χ0n) is 13.2. The highest BCUT2D eigenvalue weighted by Gasteiger charge is 2.22. The number of cyclic esters (lactones) is 1. The number of esters is 1. The number of halogens is 1. The Morgan fingerprint density at radius 3 is 2.79 bits per heavy atom. The summed E-state index contributed by atoms with van der Waals surface area (Å²) in [4.78, 5) is 16.1. The van der Waals surface area contributed by atoms with Crippen LogP contribution in [0.2, 0.25) is 0 Å². The highest BCUT2D eigenvalue weighted by Crippen LogP contribution is 2.20. The molecule has 122 valence electrons. The van der Waals surface area contributed by atoms with Gasteiger partial charge in [-0.3, -0.25) is 0 Å². The SMILES string of the molecule is COc1cccc(/C=C2/N=C(CCc3ccccc3F)OC2=O)c1. The van der Waals surface area contributed by atoms with Crippen molar-refractivity contribution < 1.29 is 18.7 Å². The van der Waals surface area contributed by atoms with Crippen LogP contribution in [0.3, 0.4) is 0 Å². The van der Waals surface area contributed by atoms with Crippen molar-refractivity contribution in [2.75, 3.05) is 7.11 Å². The fourth-order valence-corrected chi connectivity index (χ4v) is 2.39. The Bertz CT molecular complexity index is 827. The first kappa shape index (κ1) is 15.9. The molecule has 2 aromatic rings. The Balaban J connectivity index is 1.73. The maximum Gasteiger partial charge on any atom is 0.363 e. The van der Waals surface area contributed by atoms with Gasteiger partial charge in [-0.05, 0) is 41.8 Å². The van der Waals surface area contributed by atoms with Crippen molar-refractivity contribution in [1.29, 1.82) is 0 Å². The predicted molar refractivity (Wildman–Crippen MR) is 89.2 cm³/mol.